The zero-order chi connectivity index (χ0) is 34.4. The highest BCUT2D eigenvalue weighted by Crippen LogP contribution is 2.32. The number of nitrogens with zero attached hydrogens (tertiary/aromatic N) is 1. The van der Waals surface area contributed by atoms with Gasteiger partial charge in [-0.2, -0.15) is 13.2 Å². The Labute approximate surface area is 278 Å². The molecule has 0 radical (unpaired) electrons. The summed E-state index contributed by atoms with van der Waals surface area (Å²) in [5.74, 6) is 2.79. The first-order valence-electron chi connectivity index (χ1n) is 14.3. The molecule has 4 rings (SSSR count). The van der Waals surface area contributed by atoms with E-state index < -0.39 is 47.0 Å². The molecular weight excluding hydrogens is 663 g/mol. The third-order valence-electron chi connectivity index (χ3n) is 6.82. The van der Waals surface area contributed by atoms with Gasteiger partial charge in [0.25, 0.3) is 5.91 Å². The molecular formula is C33H30Cl2F4N4O4. The molecule has 1 aliphatic heterocycles. The smallest absolute Gasteiger partial charge is 0.416 e. The minimum Gasteiger partial charge on any atom is -0.483 e. The molecule has 0 bridgehead atoms. The van der Waals surface area contributed by atoms with Gasteiger partial charge in [0.05, 0.1) is 33.9 Å². The molecule has 1 fully saturated rings. The Morgan fingerprint density at radius 2 is 1.70 bits per heavy atom. The van der Waals surface area contributed by atoms with Gasteiger partial charge in [-0.05, 0) is 68.4 Å². The molecule has 47 heavy (non-hydrogen) atoms. The van der Waals surface area contributed by atoms with E-state index in [4.69, 9.17) is 27.9 Å². The number of halogens is 6. The Balaban J connectivity index is 1.38. The van der Waals surface area contributed by atoms with Gasteiger partial charge in [0.2, 0.25) is 5.91 Å². The predicted octanol–water partition coefficient (Wildman–Crippen LogP) is 5.55. The number of amides is 2. The second-order valence-electron chi connectivity index (χ2n) is 11.2. The van der Waals surface area contributed by atoms with E-state index in [2.05, 4.69) is 32.7 Å². The van der Waals surface area contributed by atoms with Gasteiger partial charge in [-0.25, -0.2) is 4.39 Å². The van der Waals surface area contributed by atoms with Crippen LogP contribution in [0, 0.1) is 17.7 Å². The molecule has 3 aromatic carbocycles. The molecule has 1 heterocycles. The fourth-order valence-electron chi connectivity index (χ4n) is 4.59. The van der Waals surface area contributed by atoms with Crippen LogP contribution in [0.4, 0.5) is 23.2 Å². The number of hydrogen-bond donors (Lipinski definition) is 3. The molecule has 1 aliphatic rings. The van der Waals surface area contributed by atoms with Crippen molar-refractivity contribution in [3.05, 3.63) is 92.7 Å². The quantitative estimate of drug-likeness (QED) is 0.155. The number of nitrogens with one attached hydrogen (secondary N) is 3. The number of ketones is 1. The van der Waals surface area contributed by atoms with Gasteiger partial charge in [0.15, 0.2) is 12.4 Å². The van der Waals surface area contributed by atoms with Gasteiger partial charge < -0.3 is 20.7 Å². The number of anilines is 1. The Morgan fingerprint density at radius 1 is 0.979 bits per heavy atom. The summed E-state index contributed by atoms with van der Waals surface area (Å²) in [6.45, 7) is 6.48. The van der Waals surface area contributed by atoms with Crippen molar-refractivity contribution in [1.29, 1.82) is 0 Å². The lowest BCUT2D eigenvalue weighted by Crippen LogP contribution is -2.51. The summed E-state index contributed by atoms with van der Waals surface area (Å²) in [6, 6.07) is 9.91. The van der Waals surface area contributed by atoms with E-state index in [-0.39, 0.29) is 45.6 Å². The molecule has 0 saturated carbocycles. The highest BCUT2D eigenvalue weighted by atomic mass is 35.5. The van der Waals surface area contributed by atoms with Crippen LogP contribution in [0.3, 0.4) is 0 Å². The van der Waals surface area contributed by atoms with Gasteiger partial charge in [0, 0.05) is 42.3 Å². The van der Waals surface area contributed by atoms with Crippen LogP contribution in [0.1, 0.15) is 40.9 Å². The van der Waals surface area contributed by atoms with Crippen LogP contribution in [0.15, 0.2) is 54.6 Å². The van der Waals surface area contributed by atoms with Crippen molar-refractivity contribution in [3.8, 4) is 17.6 Å². The van der Waals surface area contributed by atoms with Crippen LogP contribution >= 0.6 is 23.2 Å². The minimum atomic E-state index is -4.88. The summed E-state index contributed by atoms with van der Waals surface area (Å²) < 4.78 is 59.0. The Kier molecular flexibility index (Phi) is 11.5. The SMILES string of the molecule is CC(C)(C#Cc1ccc(NC(=O)COc2ccc(Cl)cc2C(=O)c2cc(F)cc(C(F)(F)F)c2)c(Cl)c1)NC(=O)CN1CCNCC1. The topological polar surface area (TPSA) is 99.8 Å². The molecule has 248 valence electrons. The molecule has 14 heteroatoms. The number of ether oxygens (including phenoxy) is 1. The summed E-state index contributed by atoms with van der Waals surface area (Å²) in [6.07, 6.45) is -4.88. The van der Waals surface area contributed by atoms with E-state index in [1.807, 2.05) is 0 Å². The first-order chi connectivity index (χ1) is 22.1. The fourth-order valence-corrected chi connectivity index (χ4v) is 4.99. The predicted molar refractivity (Wildman–Crippen MR) is 170 cm³/mol. The highest BCUT2D eigenvalue weighted by molar-refractivity contribution is 6.33. The number of carbonyl (C=O) groups is 3. The van der Waals surface area contributed by atoms with Crippen molar-refractivity contribution >= 4 is 46.5 Å². The largest absolute Gasteiger partial charge is 0.483 e. The van der Waals surface area contributed by atoms with Crippen LogP contribution in [0.2, 0.25) is 10.0 Å². The van der Waals surface area contributed by atoms with Gasteiger partial charge >= 0.3 is 6.18 Å². The molecule has 0 spiro atoms. The van der Waals surface area contributed by atoms with Crippen molar-refractivity contribution in [1.82, 2.24) is 15.5 Å². The maximum Gasteiger partial charge on any atom is 0.416 e. The maximum atomic E-state index is 13.9. The van der Waals surface area contributed by atoms with Crippen molar-refractivity contribution in [2.24, 2.45) is 0 Å². The standard InChI is InChI=1S/C33H30Cl2F4N4O4/c1-32(2,42-29(44)18-43-11-9-40-10-12-43)8-7-20-3-5-27(26(35)13-20)41-30(45)19-47-28-6-4-23(34)17-25(28)31(46)21-14-22(33(37,38)39)16-24(36)15-21/h3-6,13-17,40H,9-12,18-19H2,1-2H3,(H,41,45)(H,42,44). The summed E-state index contributed by atoms with van der Waals surface area (Å²) >= 11 is 12.4. The lowest BCUT2D eigenvalue weighted by Gasteiger charge is -2.28. The van der Waals surface area contributed by atoms with Crippen molar-refractivity contribution in [3.63, 3.8) is 0 Å². The fraction of sp³-hybridized carbons (Fsp3) is 0.303. The average molecular weight is 694 g/mol. The van der Waals surface area contributed by atoms with E-state index >= 15 is 0 Å². The van der Waals surface area contributed by atoms with Crippen LogP contribution in [0.25, 0.3) is 0 Å². The van der Waals surface area contributed by atoms with Crippen LogP contribution < -0.4 is 20.7 Å². The highest BCUT2D eigenvalue weighted by Gasteiger charge is 2.32. The Hall–Kier alpha value is -4.15. The average Bonchev–Trinajstić information content (AvgIpc) is 2.99. The molecule has 3 N–H and O–H groups in total. The van der Waals surface area contributed by atoms with E-state index in [9.17, 15) is 31.9 Å². The Morgan fingerprint density at radius 3 is 2.38 bits per heavy atom. The van der Waals surface area contributed by atoms with Crippen LogP contribution in [0.5, 0.6) is 5.75 Å². The zero-order valence-electron chi connectivity index (χ0n) is 25.3. The Bertz CT molecular complexity index is 1730. The molecule has 0 aromatic heterocycles. The summed E-state index contributed by atoms with van der Waals surface area (Å²) in [5, 5.41) is 8.96. The normalized spacial score (nSPS) is 13.7. The summed E-state index contributed by atoms with van der Waals surface area (Å²) in [4.78, 5) is 40.3. The van der Waals surface area contributed by atoms with Crippen LogP contribution in [-0.4, -0.2) is 67.4 Å². The number of rotatable bonds is 9. The molecule has 1 saturated heterocycles. The molecule has 0 unspecified atom stereocenters. The lowest BCUT2D eigenvalue weighted by molar-refractivity contribution is -0.137. The summed E-state index contributed by atoms with van der Waals surface area (Å²) in [7, 11) is 0. The first kappa shape index (κ1) is 35.7. The van der Waals surface area contributed by atoms with Gasteiger partial charge in [-0.15, -0.1) is 0 Å². The lowest BCUT2D eigenvalue weighted by atomic mass is 10.00. The molecule has 3 aromatic rings. The number of piperazine rings is 1. The van der Waals surface area contributed by atoms with E-state index in [0.717, 1.165) is 32.2 Å². The molecule has 8 nitrogen and oxygen atoms in total. The van der Waals surface area contributed by atoms with Gasteiger partial charge in [-0.1, -0.05) is 35.0 Å². The zero-order valence-corrected chi connectivity index (χ0v) is 26.8. The molecule has 0 atom stereocenters. The molecule has 0 aliphatic carbocycles. The monoisotopic (exact) mass is 692 g/mol. The van der Waals surface area contributed by atoms with Gasteiger partial charge in [-0.3, -0.25) is 19.3 Å². The second kappa shape index (κ2) is 15.2. The second-order valence-corrected chi connectivity index (χ2v) is 12.0. The number of carbonyl (C=O) groups excluding carboxylic acids is 3. The van der Waals surface area contributed by atoms with E-state index in [1.165, 1.54) is 24.3 Å². The number of benzene rings is 3. The minimum absolute atomic E-state index is 0.0635. The number of alkyl halides is 3. The van der Waals surface area contributed by atoms with Crippen molar-refractivity contribution < 1.29 is 36.7 Å². The third kappa shape index (κ3) is 10.4. The van der Waals surface area contributed by atoms with E-state index in [1.54, 1.807) is 19.9 Å². The van der Waals surface area contributed by atoms with E-state index in [0.29, 0.717) is 17.7 Å². The van der Waals surface area contributed by atoms with Crippen LogP contribution in [-0.2, 0) is 15.8 Å². The van der Waals surface area contributed by atoms with Gasteiger partial charge in [0.1, 0.15) is 11.6 Å². The summed E-state index contributed by atoms with van der Waals surface area (Å²) in [5.41, 5.74) is -2.24. The number of hydrogen-bond acceptors (Lipinski definition) is 6. The third-order valence-corrected chi connectivity index (χ3v) is 7.37. The van der Waals surface area contributed by atoms with Crippen molar-refractivity contribution in [2.45, 2.75) is 25.6 Å². The first-order valence-corrected chi connectivity index (χ1v) is 15.1. The van der Waals surface area contributed by atoms with Crippen molar-refractivity contribution in [2.75, 3.05) is 44.6 Å². The molecule has 2 amide bonds. The maximum absolute atomic E-state index is 13.9.